The lowest BCUT2D eigenvalue weighted by Crippen LogP contribution is -2.55. The summed E-state index contributed by atoms with van der Waals surface area (Å²) < 4.78 is 12.4. The van der Waals surface area contributed by atoms with Gasteiger partial charge in [0.15, 0.2) is 0 Å². The summed E-state index contributed by atoms with van der Waals surface area (Å²) in [6, 6.07) is 0. The second-order valence-electron chi connectivity index (χ2n) is 10.4. The van der Waals surface area contributed by atoms with Crippen molar-refractivity contribution in [2.75, 3.05) is 21.1 Å². The average Bonchev–Trinajstić information content (AvgIpc) is 2.71. The van der Waals surface area contributed by atoms with Gasteiger partial charge in [0.25, 0.3) is 5.28 Å². The second kappa shape index (κ2) is 19.2. The van der Waals surface area contributed by atoms with Gasteiger partial charge in [-0.25, -0.2) is 0 Å². The van der Waals surface area contributed by atoms with Crippen molar-refractivity contribution in [2.24, 2.45) is 0 Å². The predicted molar refractivity (Wildman–Crippen MR) is 137 cm³/mol. The Bertz CT molecular complexity index is 459. The lowest BCUT2D eigenvalue weighted by atomic mass is 10.0. The number of quaternary nitrogens is 1. The Labute approximate surface area is 196 Å². The fraction of sp³-hybridized carbons (Fsp3) is 0.926. The molecule has 0 rings (SSSR count). The van der Waals surface area contributed by atoms with Crippen LogP contribution in [0.15, 0.2) is 12.2 Å². The number of allylic oxidation sites excluding steroid dienone is 2. The molecule has 0 fully saturated rings. The molecule has 0 aliphatic rings. The third kappa shape index (κ3) is 14.5. The fourth-order valence-corrected chi connectivity index (χ4v) is 5.73. The molecule has 0 aromatic rings. The van der Waals surface area contributed by atoms with E-state index in [1.165, 1.54) is 96.3 Å². The van der Waals surface area contributed by atoms with E-state index < -0.39 is 13.3 Å². The molecular weight excluding hydrogens is 401 g/mol. The van der Waals surface area contributed by atoms with E-state index in [1.54, 1.807) is 0 Å². The van der Waals surface area contributed by atoms with Crippen LogP contribution in [0.25, 0.3) is 0 Å². The van der Waals surface area contributed by atoms with E-state index in [0.29, 0.717) is 10.9 Å². The van der Waals surface area contributed by atoms with Gasteiger partial charge in [-0.2, -0.15) is 0 Å². The van der Waals surface area contributed by atoms with E-state index >= 15 is 0 Å². The van der Waals surface area contributed by atoms with E-state index in [4.69, 9.17) is 0 Å². The minimum Gasteiger partial charge on any atom is -0.590 e. The van der Waals surface area contributed by atoms with Gasteiger partial charge in [-0.3, -0.25) is 4.48 Å². The van der Waals surface area contributed by atoms with Crippen LogP contribution in [0.2, 0.25) is 0 Å². The molecule has 4 heteroatoms. The maximum atomic E-state index is 11.9. The largest absolute Gasteiger partial charge is 0.590 e. The molecule has 0 aromatic heterocycles. The summed E-state index contributed by atoms with van der Waals surface area (Å²) in [5, 5.41) is -0.604. The molecule has 0 saturated heterocycles. The van der Waals surface area contributed by atoms with E-state index in [0.717, 1.165) is 19.3 Å². The lowest BCUT2D eigenvalue weighted by Gasteiger charge is -2.39. The quantitative estimate of drug-likeness (QED) is 0.0709. The molecule has 0 aliphatic carbocycles. The van der Waals surface area contributed by atoms with E-state index in [9.17, 15) is 9.46 Å². The van der Waals surface area contributed by atoms with Crippen molar-refractivity contribution in [1.29, 1.82) is 0 Å². The minimum atomic E-state index is -2.42. The van der Waals surface area contributed by atoms with E-state index in [2.05, 4.69) is 19.1 Å². The Hall–Kier alpha value is -0.240. The summed E-state index contributed by atoms with van der Waals surface area (Å²) in [7, 11) is 3.61. The SMILES string of the molecule is CCCCCCCCCCCCC=CCCCCCCCC(CC)([P+](=O)[O-])[N+](C)(C)C. The average molecular weight is 457 g/mol. The summed E-state index contributed by atoms with van der Waals surface area (Å²) in [5.41, 5.74) is 0. The van der Waals surface area contributed by atoms with Gasteiger partial charge >= 0.3 is 8.03 Å². The normalized spacial score (nSPS) is 14.8. The zero-order valence-corrected chi connectivity index (χ0v) is 22.7. The first kappa shape index (κ1) is 30.8. The zero-order chi connectivity index (χ0) is 23.4. The fourth-order valence-electron chi connectivity index (χ4n) is 4.64. The Morgan fingerprint density at radius 2 is 1.06 bits per heavy atom. The van der Waals surface area contributed by atoms with Crippen LogP contribution in [0.3, 0.4) is 0 Å². The standard InChI is InChI=1S/C27H55NO2P/c1-6-8-9-10-11-12-13-14-15-16-17-18-19-20-21-22-23-24-25-26-27(7-2,31(29)30)28(3,4)5/h18-19H,6-17,20-26H2,1-5H3/q+1. The number of hydrogen-bond donors (Lipinski definition) is 0. The number of rotatable bonds is 22. The van der Waals surface area contributed by atoms with Gasteiger partial charge in [0.1, 0.15) is 0 Å². The Balaban J connectivity index is 3.57. The van der Waals surface area contributed by atoms with Gasteiger partial charge in [0.2, 0.25) is 0 Å². The molecule has 31 heavy (non-hydrogen) atoms. The van der Waals surface area contributed by atoms with Crippen LogP contribution in [0.5, 0.6) is 0 Å². The third-order valence-electron chi connectivity index (χ3n) is 6.99. The first-order valence-electron chi connectivity index (χ1n) is 13.4. The molecule has 0 N–H and O–H groups in total. The molecule has 184 valence electrons. The highest BCUT2D eigenvalue weighted by molar-refractivity contribution is 7.38. The molecular formula is C27H55NO2P+. The van der Waals surface area contributed by atoms with Crippen LogP contribution < -0.4 is 4.89 Å². The smallest absolute Gasteiger partial charge is 0.376 e. The van der Waals surface area contributed by atoms with Crippen LogP contribution in [0.4, 0.5) is 0 Å². The first-order chi connectivity index (χ1) is 14.8. The summed E-state index contributed by atoms with van der Waals surface area (Å²) >= 11 is 0. The van der Waals surface area contributed by atoms with Crippen LogP contribution >= 0.6 is 8.03 Å². The predicted octanol–water partition coefficient (Wildman–Crippen LogP) is 8.50. The molecule has 3 nitrogen and oxygen atoms in total. The van der Waals surface area contributed by atoms with Crippen LogP contribution in [-0.2, 0) is 4.57 Å². The maximum Gasteiger partial charge on any atom is 0.376 e. The number of hydrogen-bond acceptors (Lipinski definition) is 2. The highest BCUT2D eigenvalue weighted by Crippen LogP contribution is 2.44. The lowest BCUT2D eigenvalue weighted by molar-refractivity contribution is -0.910. The summed E-state index contributed by atoms with van der Waals surface area (Å²) in [5.74, 6) is 0. The molecule has 0 spiro atoms. The van der Waals surface area contributed by atoms with E-state index in [-0.39, 0.29) is 0 Å². The number of unbranched alkanes of at least 4 members (excludes halogenated alkanes) is 15. The van der Waals surface area contributed by atoms with Crippen molar-refractivity contribution < 1.29 is 13.9 Å². The number of nitrogens with zero attached hydrogens (tertiary/aromatic N) is 1. The second-order valence-corrected chi connectivity index (χ2v) is 11.7. The monoisotopic (exact) mass is 456 g/mol. The van der Waals surface area contributed by atoms with Crippen molar-refractivity contribution >= 4 is 8.03 Å². The van der Waals surface area contributed by atoms with Gasteiger partial charge in [0.05, 0.1) is 21.1 Å². The van der Waals surface area contributed by atoms with Gasteiger partial charge < -0.3 is 4.89 Å². The minimum absolute atomic E-state index is 0.506. The molecule has 0 bridgehead atoms. The van der Waals surface area contributed by atoms with Gasteiger partial charge in [-0.05, 0) is 32.1 Å². The summed E-state index contributed by atoms with van der Waals surface area (Å²) in [6.07, 6.45) is 28.6. The van der Waals surface area contributed by atoms with E-state index in [1.807, 2.05) is 28.1 Å². The van der Waals surface area contributed by atoms with Gasteiger partial charge in [-0.1, -0.05) is 108 Å². The molecule has 0 heterocycles. The zero-order valence-electron chi connectivity index (χ0n) is 21.8. The Kier molecular flexibility index (Phi) is 19.1. The molecule has 2 unspecified atom stereocenters. The van der Waals surface area contributed by atoms with Crippen LogP contribution in [-0.4, -0.2) is 30.9 Å². The van der Waals surface area contributed by atoms with Crippen molar-refractivity contribution in [2.45, 2.75) is 141 Å². The highest BCUT2D eigenvalue weighted by Gasteiger charge is 2.52. The Morgan fingerprint density at radius 1 is 0.677 bits per heavy atom. The van der Waals surface area contributed by atoms with Crippen molar-refractivity contribution in [1.82, 2.24) is 0 Å². The van der Waals surface area contributed by atoms with Crippen molar-refractivity contribution in [3.8, 4) is 0 Å². The van der Waals surface area contributed by atoms with Crippen LogP contribution in [0, 0.1) is 0 Å². The van der Waals surface area contributed by atoms with Gasteiger partial charge in [-0.15, -0.1) is 0 Å². The molecule has 0 aliphatic heterocycles. The van der Waals surface area contributed by atoms with Gasteiger partial charge in [0, 0.05) is 12.8 Å². The molecule has 0 aromatic carbocycles. The topological polar surface area (TPSA) is 40.1 Å². The summed E-state index contributed by atoms with van der Waals surface area (Å²) in [6.45, 7) is 4.29. The van der Waals surface area contributed by atoms with Crippen molar-refractivity contribution in [3.05, 3.63) is 12.2 Å². The first-order valence-corrected chi connectivity index (χ1v) is 14.6. The molecule has 0 radical (unpaired) electrons. The maximum absolute atomic E-state index is 11.9. The molecule has 0 amide bonds. The molecule has 0 saturated carbocycles. The Morgan fingerprint density at radius 3 is 1.42 bits per heavy atom. The van der Waals surface area contributed by atoms with Crippen molar-refractivity contribution in [3.63, 3.8) is 0 Å². The summed E-state index contributed by atoms with van der Waals surface area (Å²) in [4.78, 5) is 11.9. The highest BCUT2D eigenvalue weighted by atomic mass is 31.1. The van der Waals surface area contributed by atoms with Crippen LogP contribution in [0.1, 0.15) is 136 Å². The molecule has 2 atom stereocenters. The third-order valence-corrected chi connectivity index (χ3v) is 8.81.